The maximum atomic E-state index is 8.42. The van der Waals surface area contributed by atoms with Crippen LogP contribution in [-0.4, -0.2) is 16.7 Å². The number of rotatable bonds is 2. The highest BCUT2D eigenvalue weighted by atomic mass is 79.9. The van der Waals surface area contributed by atoms with Crippen LogP contribution in [0.25, 0.3) is 6.08 Å². The minimum atomic E-state index is 0.0800. The molecule has 0 aromatic carbocycles. The second kappa shape index (κ2) is 3.58. The molecule has 10 heavy (non-hydrogen) atoms. The van der Waals surface area contributed by atoms with Crippen LogP contribution in [0.5, 0.6) is 0 Å². The van der Waals surface area contributed by atoms with Gasteiger partial charge in [-0.3, -0.25) is 0 Å². The molecule has 2 nitrogen and oxygen atoms in total. The molecule has 0 spiro atoms. The fraction of sp³-hybridized carbons (Fsp3) is 0.143. The van der Waals surface area contributed by atoms with Crippen LogP contribution in [0, 0.1) is 0 Å². The number of aromatic nitrogens is 1. The molecule has 0 aliphatic heterocycles. The van der Waals surface area contributed by atoms with Gasteiger partial charge in [0, 0.05) is 16.4 Å². The molecule has 0 aliphatic rings. The molecule has 0 saturated heterocycles. The molecule has 0 bridgehead atoms. The van der Waals surface area contributed by atoms with Gasteiger partial charge in [-0.25, -0.2) is 0 Å². The molecular weight excluding hydrogens is 194 g/mol. The maximum absolute atomic E-state index is 8.42. The Hall–Kier alpha value is -0.540. The highest BCUT2D eigenvalue weighted by Crippen LogP contribution is 2.11. The molecule has 1 aromatic heterocycles. The third kappa shape index (κ3) is 2.01. The second-order valence-electron chi connectivity index (χ2n) is 1.86. The SMILES string of the molecule is OCC=Cc1cc(Br)c[nH]1. The minimum absolute atomic E-state index is 0.0800. The van der Waals surface area contributed by atoms with Crippen molar-refractivity contribution < 1.29 is 5.11 Å². The smallest absolute Gasteiger partial charge is 0.0616 e. The van der Waals surface area contributed by atoms with Crippen LogP contribution in [-0.2, 0) is 0 Å². The van der Waals surface area contributed by atoms with Crippen molar-refractivity contribution in [2.75, 3.05) is 6.61 Å². The first-order chi connectivity index (χ1) is 4.83. The van der Waals surface area contributed by atoms with Gasteiger partial charge >= 0.3 is 0 Å². The predicted octanol–water partition coefficient (Wildman–Crippen LogP) is 1.78. The van der Waals surface area contributed by atoms with E-state index in [1.54, 1.807) is 6.08 Å². The van der Waals surface area contributed by atoms with Gasteiger partial charge in [0.2, 0.25) is 0 Å². The standard InChI is InChI=1S/C7H8BrNO/c8-6-4-7(9-5-6)2-1-3-10/h1-2,4-5,9-10H,3H2. The molecule has 0 fully saturated rings. The van der Waals surface area contributed by atoms with E-state index >= 15 is 0 Å². The quantitative estimate of drug-likeness (QED) is 0.753. The Kier molecular flexibility index (Phi) is 2.71. The summed E-state index contributed by atoms with van der Waals surface area (Å²) < 4.78 is 1.02. The van der Waals surface area contributed by atoms with Crippen molar-refractivity contribution in [3.8, 4) is 0 Å². The van der Waals surface area contributed by atoms with Crippen molar-refractivity contribution in [1.82, 2.24) is 4.98 Å². The predicted molar refractivity (Wildman–Crippen MR) is 44.6 cm³/mol. The van der Waals surface area contributed by atoms with Gasteiger partial charge in [0.25, 0.3) is 0 Å². The molecule has 1 rings (SSSR count). The number of aliphatic hydroxyl groups excluding tert-OH is 1. The Morgan fingerprint density at radius 3 is 3.00 bits per heavy atom. The van der Waals surface area contributed by atoms with Crippen molar-refractivity contribution >= 4 is 22.0 Å². The Bertz CT molecular complexity index is 229. The lowest BCUT2D eigenvalue weighted by atomic mass is 10.4. The third-order valence-corrected chi connectivity index (χ3v) is 1.53. The number of aromatic amines is 1. The van der Waals surface area contributed by atoms with E-state index in [1.807, 2.05) is 18.3 Å². The lowest BCUT2D eigenvalue weighted by molar-refractivity contribution is 0.343. The molecule has 0 amide bonds. The van der Waals surface area contributed by atoms with E-state index in [1.165, 1.54) is 0 Å². The van der Waals surface area contributed by atoms with E-state index in [0.717, 1.165) is 10.2 Å². The Morgan fingerprint density at radius 2 is 2.50 bits per heavy atom. The van der Waals surface area contributed by atoms with Gasteiger partial charge in [-0.2, -0.15) is 0 Å². The number of aliphatic hydroxyl groups is 1. The molecule has 0 atom stereocenters. The molecular formula is C7H8BrNO. The van der Waals surface area contributed by atoms with Crippen LogP contribution in [0.15, 0.2) is 22.8 Å². The largest absolute Gasteiger partial charge is 0.392 e. The molecule has 1 heterocycles. The number of hydrogen-bond acceptors (Lipinski definition) is 1. The molecule has 0 saturated carbocycles. The Morgan fingerprint density at radius 1 is 1.70 bits per heavy atom. The summed E-state index contributed by atoms with van der Waals surface area (Å²) in [7, 11) is 0. The Balaban J connectivity index is 2.67. The van der Waals surface area contributed by atoms with Crippen molar-refractivity contribution in [2.45, 2.75) is 0 Å². The third-order valence-electron chi connectivity index (χ3n) is 1.07. The summed E-state index contributed by atoms with van der Waals surface area (Å²) in [5.41, 5.74) is 0.987. The molecule has 3 heteroatoms. The summed E-state index contributed by atoms with van der Waals surface area (Å²) >= 11 is 3.30. The topological polar surface area (TPSA) is 36.0 Å². The van der Waals surface area contributed by atoms with Crippen LogP contribution in [0.4, 0.5) is 0 Å². The van der Waals surface area contributed by atoms with Crippen LogP contribution >= 0.6 is 15.9 Å². The van der Waals surface area contributed by atoms with Gasteiger partial charge in [0.15, 0.2) is 0 Å². The highest BCUT2D eigenvalue weighted by molar-refractivity contribution is 9.10. The van der Waals surface area contributed by atoms with Crippen molar-refractivity contribution in [2.24, 2.45) is 0 Å². The van der Waals surface area contributed by atoms with E-state index in [4.69, 9.17) is 5.11 Å². The molecule has 54 valence electrons. The van der Waals surface area contributed by atoms with Crippen molar-refractivity contribution in [3.63, 3.8) is 0 Å². The van der Waals surface area contributed by atoms with Gasteiger partial charge in [0.1, 0.15) is 0 Å². The maximum Gasteiger partial charge on any atom is 0.0616 e. The molecule has 2 N–H and O–H groups in total. The summed E-state index contributed by atoms with van der Waals surface area (Å²) in [4.78, 5) is 3.00. The fourth-order valence-electron chi connectivity index (χ4n) is 0.660. The first kappa shape index (κ1) is 7.57. The normalized spacial score (nSPS) is 11.0. The number of nitrogens with one attached hydrogen (secondary N) is 1. The first-order valence-corrected chi connectivity index (χ1v) is 3.73. The monoisotopic (exact) mass is 201 g/mol. The average molecular weight is 202 g/mol. The summed E-state index contributed by atoms with van der Waals surface area (Å²) in [6, 6.07) is 1.94. The van der Waals surface area contributed by atoms with Gasteiger partial charge in [-0.05, 0) is 28.1 Å². The summed E-state index contributed by atoms with van der Waals surface area (Å²) in [6.07, 6.45) is 5.35. The lowest BCUT2D eigenvalue weighted by Gasteiger charge is -1.81. The van der Waals surface area contributed by atoms with Crippen molar-refractivity contribution in [3.05, 3.63) is 28.5 Å². The fourth-order valence-corrected chi connectivity index (χ4v) is 1.02. The van der Waals surface area contributed by atoms with E-state index in [9.17, 15) is 0 Å². The summed E-state index contributed by atoms with van der Waals surface area (Å²) in [5, 5.41) is 8.42. The first-order valence-electron chi connectivity index (χ1n) is 2.94. The van der Waals surface area contributed by atoms with E-state index in [-0.39, 0.29) is 6.61 Å². The molecule has 0 unspecified atom stereocenters. The summed E-state index contributed by atoms with van der Waals surface area (Å²) in [5.74, 6) is 0. The average Bonchev–Trinajstić information content (AvgIpc) is 2.31. The van der Waals surface area contributed by atoms with E-state index in [0.29, 0.717) is 0 Å². The number of hydrogen-bond donors (Lipinski definition) is 2. The zero-order valence-electron chi connectivity index (χ0n) is 5.34. The van der Waals surface area contributed by atoms with Crippen LogP contribution in [0.2, 0.25) is 0 Å². The molecule has 0 radical (unpaired) electrons. The lowest BCUT2D eigenvalue weighted by Crippen LogP contribution is -1.71. The van der Waals surface area contributed by atoms with Crippen LogP contribution in [0.1, 0.15) is 5.69 Å². The number of halogens is 1. The van der Waals surface area contributed by atoms with E-state index in [2.05, 4.69) is 20.9 Å². The van der Waals surface area contributed by atoms with Crippen molar-refractivity contribution in [1.29, 1.82) is 0 Å². The number of H-pyrrole nitrogens is 1. The van der Waals surface area contributed by atoms with Gasteiger partial charge < -0.3 is 10.1 Å². The Labute approximate surface area is 67.7 Å². The van der Waals surface area contributed by atoms with E-state index < -0.39 is 0 Å². The van der Waals surface area contributed by atoms with Crippen LogP contribution in [0.3, 0.4) is 0 Å². The molecule has 0 aliphatic carbocycles. The molecule has 1 aromatic rings. The van der Waals surface area contributed by atoms with Gasteiger partial charge in [0.05, 0.1) is 6.61 Å². The second-order valence-corrected chi connectivity index (χ2v) is 2.77. The zero-order valence-corrected chi connectivity index (χ0v) is 6.93. The van der Waals surface area contributed by atoms with Crippen LogP contribution < -0.4 is 0 Å². The summed E-state index contributed by atoms with van der Waals surface area (Å²) in [6.45, 7) is 0.0800. The zero-order chi connectivity index (χ0) is 7.40. The highest BCUT2D eigenvalue weighted by Gasteiger charge is 1.88. The van der Waals surface area contributed by atoms with Gasteiger partial charge in [-0.15, -0.1) is 0 Å². The minimum Gasteiger partial charge on any atom is -0.392 e. The van der Waals surface area contributed by atoms with Gasteiger partial charge in [-0.1, -0.05) is 6.08 Å².